The molecule has 2 N–H and O–H groups in total. The van der Waals surface area contributed by atoms with E-state index in [1.807, 2.05) is 0 Å². The average Bonchev–Trinajstić information content (AvgIpc) is 3.06. The second-order valence-electron chi connectivity index (χ2n) is 6.83. The van der Waals surface area contributed by atoms with Crippen molar-refractivity contribution < 1.29 is 32.6 Å². The Kier molecular flexibility index (Phi) is 6.45. The molecule has 0 fully saturated rings. The maximum atomic E-state index is 13.6. The van der Waals surface area contributed by atoms with Crippen LogP contribution in [0.25, 0.3) is 0 Å². The molecule has 168 valence electrons. The highest BCUT2D eigenvalue weighted by Gasteiger charge is 2.42. The Labute approximate surface area is 185 Å². The van der Waals surface area contributed by atoms with E-state index in [0.29, 0.717) is 10.6 Å². The first-order valence-electron chi connectivity index (χ1n) is 9.19. The van der Waals surface area contributed by atoms with Crippen LogP contribution in [0.1, 0.15) is 44.9 Å². The number of aryl methyl sites for hydroxylation is 1. The normalized spacial score (nSPS) is 12.3. The van der Waals surface area contributed by atoms with Gasteiger partial charge in [0, 0.05) is 12.1 Å². The van der Waals surface area contributed by atoms with Crippen molar-refractivity contribution in [3.05, 3.63) is 75.9 Å². The summed E-state index contributed by atoms with van der Waals surface area (Å²) in [5.74, 6) is -2.41. The number of nitrogens with one attached hydrogen (secondary N) is 1. The highest BCUT2D eigenvalue weighted by Crippen LogP contribution is 2.37. The Hall–Kier alpha value is -3.53. The van der Waals surface area contributed by atoms with Gasteiger partial charge < -0.3 is 15.2 Å². The number of carboxylic acids is 1. The Morgan fingerprint density at radius 3 is 2.25 bits per heavy atom. The molecule has 3 rings (SSSR count). The third kappa shape index (κ3) is 5.02. The molecule has 0 aliphatic carbocycles. The zero-order valence-corrected chi connectivity index (χ0v) is 17.5. The quantitative estimate of drug-likeness (QED) is 0.527. The molecule has 0 aliphatic heterocycles. The van der Waals surface area contributed by atoms with Gasteiger partial charge >= 0.3 is 12.1 Å². The van der Waals surface area contributed by atoms with Gasteiger partial charge in [-0.05, 0) is 48.9 Å². The van der Waals surface area contributed by atoms with Crippen LogP contribution in [0.4, 0.5) is 13.2 Å². The van der Waals surface area contributed by atoms with Crippen molar-refractivity contribution in [2.45, 2.75) is 19.1 Å². The molecule has 0 saturated carbocycles. The number of nitrogens with zero attached hydrogens (tertiary/aromatic N) is 2. The van der Waals surface area contributed by atoms with Crippen LogP contribution >= 0.6 is 11.6 Å². The summed E-state index contributed by atoms with van der Waals surface area (Å²) in [4.78, 5) is 23.9. The topological polar surface area (TPSA) is 93.5 Å². The molecule has 7 nitrogen and oxygen atoms in total. The van der Waals surface area contributed by atoms with Crippen molar-refractivity contribution in [3.63, 3.8) is 0 Å². The molecule has 0 aliphatic rings. The van der Waals surface area contributed by atoms with Crippen LogP contribution in [0, 0.1) is 0 Å². The van der Waals surface area contributed by atoms with E-state index in [1.165, 1.54) is 55.6 Å². The van der Waals surface area contributed by atoms with Crippen molar-refractivity contribution in [3.8, 4) is 11.6 Å². The number of carbonyl (C=O) groups is 2. The molecular weight excluding hydrogens is 451 g/mol. The number of hydrogen-bond donors (Lipinski definition) is 2. The minimum Gasteiger partial charge on any atom is -0.478 e. The number of benzene rings is 2. The standard InChI is InChI=1S/C21H17ClF3N3O4/c1-11(12-3-5-13(6-4-12)20(30)31)26-18(29)16-17(21(23,24)25)27-28(2)19(16)32-15-9-7-14(22)8-10-15/h3-11H,1-2H3,(H,26,29)(H,30,31). The minimum absolute atomic E-state index is 0.0394. The largest absolute Gasteiger partial charge is 0.478 e. The molecule has 1 unspecified atom stereocenters. The van der Waals surface area contributed by atoms with Gasteiger partial charge in [0.1, 0.15) is 11.3 Å². The zero-order chi connectivity index (χ0) is 23.6. The maximum Gasteiger partial charge on any atom is 0.436 e. The number of rotatable bonds is 6. The summed E-state index contributed by atoms with van der Waals surface area (Å²) in [6.07, 6.45) is -4.90. The number of ether oxygens (including phenoxy) is 1. The van der Waals surface area contributed by atoms with Crippen molar-refractivity contribution >= 4 is 23.5 Å². The van der Waals surface area contributed by atoms with Gasteiger partial charge in [0.05, 0.1) is 11.6 Å². The summed E-state index contributed by atoms with van der Waals surface area (Å²) < 4.78 is 47.1. The van der Waals surface area contributed by atoms with Crippen LogP contribution in [0.2, 0.25) is 5.02 Å². The lowest BCUT2D eigenvalue weighted by Gasteiger charge is -2.16. The van der Waals surface area contributed by atoms with E-state index in [2.05, 4.69) is 10.4 Å². The van der Waals surface area contributed by atoms with E-state index in [0.717, 1.165) is 4.68 Å². The fraction of sp³-hybridized carbons (Fsp3) is 0.190. The van der Waals surface area contributed by atoms with Crippen molar-refractivity contribution in [2.24, 2.45) is 7.05 Å². The molecule has 2 aromatic carbocycles. The minimum atomic E-state index is -4.90. The number of carbonyl (C=O) groups excluding carboxylic acids is 1. The first-order chi connectivity index (χ1) is 15.0. The van der Waals surface area contributed by atoms with E-state index < -0.39 is 41.2 Å². The first kappa shape index (κ1) is 23.1. The molecule has 1 aromatic heterocycles. The fourth-order valence-corrected chi connectivity index (χ4v) is 3.04. The van der Waals surface area contributed by atoms with Gasteiger partial charge in [-0.3, -0.25) is 4.79 Å². The molecule has 3 aromatic rings. The van der Waals surface area contributed by atoms with Crippen molar-refractivity contribution in [1.82, 2.24) is 15.1 Å². The van der Waals surface area contributed by atoms with Crippen molar-refractivity contribution in [2.75, 3.05) is 0 Å². The third-order valence-electron chi connectivity index (χ3n) is 4.52. The molecule has 1 atom stereocenters. The highest BCUT2D eigenvalue weighted by atomic mass is 35.5. The zero-order valence-electron chi connectivity index (χ0n) is 16.8. The van der Waals surface area contributed by atoms with Gasteiger partial charge in [0.2, 0.25) is 5.88 Å². The number of hydrogen-bond acceptors (Lipinski definition) is 4. The van der Waals surface area contributed by atoms with E-state index in [-0.39, 0.29) is 11.3 Å². The summed E-state index contributed by atoms with van der Waals surface area (Å²) in [6.45, 7) is 1.55. The van der Waals surface area contributed by atoms with Crippen LogP contribution in [-0.2, 0) is 13.2 Å². The number of alkyl halides is 3. The SMILES string of the molecule is CC(NC(=O)c1c(C(F)(F)F)nn(C)c1Oc1ccc(Cl)cc1)c1ccc(C(=O)O)cc1. The summed E-state index contributed by atoms with van der Waals surface area (Å²) in [5.41, 5.74) is -1.63. The molecule has 0 radical (unpaired) electrons. The lowest BCUT2D eigenvalue weighted by atomic mass is 10.1. The lowest BCUT2D eigenvalue weighted by Crippen LogP contribution is -2.28. The predicted octanol–water partition coefficient (Wildman–Crippen LogP) is 5.07. The van der Waals surface area contributed by atoms with Gasteiger partial charge in [-0.15, -0.1) is 0 Å². The van der Waals surface area contributed by atoms with Crippen LogP contribution < -0.4 is 10.1 Å². The van der Waals surface area contributed by atoms with Gasteiger partial charge in [-0.25, -0.2) is 9.48 Å². The number of halogens is 4. The highest BCUT2D eigenvalue weighted by molar-refractivity contribution is 6.30. The number of aromatic nitrogens is 2. The Morgan fingerprint density at radius 1 is 1.12 bits per heavy atom. The Balaban J connectivity index is 1.94. The molecule has 0 bridgehead atoms. The second kappa shape index (κ2) is 8.91. The van der Waals surface area contributed by atoms with Gasteiger partial charge in [0.25, 0.3) is 5.91 Å². The van der Waals surface area contributed by atoms with E-state index in [9.17, 15) is 22.8 Å². The van der Waals surface area contributed by atoms with E-state index in [4.69, 9.17) is 21.4 Å². The number of aromatic carboxylic acids is 1. The lowest BCUT2D eigenvalue weighted by molar-refractivity contribution is -0.141. The van der Waals surface area contributed by atoms with Crippen molar-refractivity contribution in [1.29, 1.82) is 0 Å². The van der Waals surface area contributed by atoms with Crippen LogP contribution in [0.5, 0.6) is 11.6 Å². The fourth-order valence-electron chi connectivity index (χ4n) is 2.91. The number of amides is 1. The predicted molar refractivity (Wildman–Crippen MR) is 109 cm³/mol. The summed E-state index contributed by atoms with van der Waals surface area (Å²) >= 11 is 5.82. The maximum absolute atomic E-state index is 13.6. The summed E-state index contributed by atoms with van der Waals surface area (Å²) in [6, 6.07) is 10.7. The molecule has 1 amide bonds. The molecular formula is C21H17ClF3N3O4. The summed E-state index contributed by atoms with van der Waals surface area (Å²) in [7, 11) is 1.23. The monoisotopic (exact) mass is 467 g/mol. The smallest absolute Gasteiger partial charge is 0.436 e. The first-order valence-corrected chi connectivity index (χ1v) is 9.57. The molecule has 11 heteroatoms. The molecule has 1 heterocycles. The van der Waals surface area contributed by atoms with Crippen LogP contribution in [0.15, 0.2) is 48.5 Å². The Bertz CT molecular complexity index is 1140. The molecule has 0 saturated heterocycles. The van der Waals surface area contributed by atoms with Gasteiger partial charge in [-0.2, -0.15) is 18.3 Å². The van der Waals surface area contributed by atoms with E-state index in [1.54, 1.807) is 6.92 Å². The van der Waals surface area contributed by atoms with E-state index >= 15 is 0 Å². The van der Waals surface area contributed by atoms with Gasteiger partial charge in [0.15, 0.2) is 5.69 Å². The third-order valence-corrected chi connectivity index (χ3v) is 4.78. The summed E-state index contributed by atoms with van der Waals surface area (Å²) in [5, 5.41) is 15.3. The van der Waals surface area contributed by atoms with Crippen LogP contribution in [0.3, 0.4) is 0 Å². The second-order valence-corrected chi connectivity index (χ2v) is 7.26. The van der Waals surface area contributed by atoms with Crippen LogP contribution in [-0.4, -0.2) is 26.8 Å². The molecule has 0 spiro atoms. The molecule has 32 heavy (non-hydrogen) atoms. The Morgan fingerprint density at radius 2 is 1.72 bits per heavy atom. The number of carboxylic acid groups (broad SMARTS) is 1. The van der Waals surface area contributed by atoms with Gasteiger partial charge in [-0.1, -0.05) is 23.7 Å². The average molecular weight is 468 g/mol.